The number of fused-ring (bicyclic) bond motifs is 12. The second kappa shape index (κ2) is 11.2. The maximum absolute atomic E-state index is 15.3. The van der Waals surface area contributed by atoms with Gasteiger partial charge in [-0.2, -0.15) is 0 Å². The second-order valence-electron chi connectivity index (χ2n) is 15.5. The van der Waals surface area contributed by atoms with Crippen molar-refractivity contribution in [3.8, 4) is 16.8 Å². The highest BCUT2D eigenvalue weighted by molar-refractivity contribution is 6.21. The van der Waals surface area contributed by atoms with Crippen molar-refractivity contribution >= 4 is 66.0 Å². The van der Waals surface area contributed by atoms with Gasteiger partial charge in [0.15, 0.2) is 0 Å². The molecule has 1 N–H and O–H groups in total. The zero-order valence-electron chi connectivity index (χ0n) is 30.7. The van der Waals surface area contributed by atoms with E-state index in [0.717, 1.165) is 88.6 Å². The SMILES string of the molecule is CC1(C)c2ccccc2-c2c(-n3c(=O)c4ccccc4c4c5ccccc5n(C5N=C(c6ccc7oc8ccccc8c7c6)c6ccccc6N5)c43)cccc21. The normalized spacial score (nSPS) is 15.6. The number of aromatic nitrogens is 2. The number of pyridine rings is 1. The number of rotatable bonds is 3. The molecule has 0 fully saturated rings. The van der Waals surface area contributed by atoms with Gasteiger partial charge in [0.1, 0.15) is 16.8 Å². The average molecular weight is 723 g/mol. The molecule has 6 nitrogen and oxygen atoms in total. The summed E-state index contributed by atoms with van der Waals surface area (Å²) in [6.45, 7) is 4.56. The first-order chi connectivity index (χ1) is 27.5. The van der Waals surface area contributed by atoms with Gasteiger partial charge in [0.25, 0.3) is 5.56 Å². The molecule has 0 radical (unpaired) electrons. The van der Waals surface area contributed by atoms with Crippen molar-refractivity contribution in [2.24, 2.45) is 4.99 Å². The van der Waals surface area contributed by atoms with Crippen LogP contribution < -0.4 is 10.9 Å². The lowest BCUT2D eigenvalue weighted by Gasteiger charge is -2.29. The molecule has 7 aromatic carbocycles. The van der Waals surface area contributed by atoms with Crippen LogP contribution in [0.5, 0.6) is 0 Å². The third-order valence-corrected chi connectivity index (χ3v) is 12.2. The molecule has 10 aromatic rings. The lowest BCUT2D eigenvalue weighted by atomic mass is 9.82. The largest absolute Gasteiger partial charge is 0.456 e. The minimum atomic E-state index is -0.591. The lowest BCUT2D eigenvalue weighted by Crippen LogP contribution is -2.28. The molecule has 1 aliphatic heterocycles. The third kappa shape index (κ3) is 4.10. The maximum Gasteiger partial charge on any atom is 0.264 e. The molecule has 56 heavy (non-hydrogen) atoms. The highest BCUT2D eigenvalue weighted by Crippen LogP contribution is 2.51. The van der Waals surface area contributed by atoms with Crippen molar-refractivity contribution in [2.75, 3.05) is 5.32 Å². The van der Waals surface area contributed by atoms with Gasteiger partial charge in [-0.25, -0.2) is 4.99 Å². The highest BCUT2D eigenvalue weighted by atomic mass is 16.3. The summed E-state index contributed by atoms with van der Waals surface area (Å²) in [5, 5.41) is 9.61. The van der Waals surface area contributed by atoms with E-state index in [4.69, 9.17) is 9.41 Å². The summed E-state index contributed by atoms with van der Waals surface area (Å²) in [5.74, 6) is 0. The number of benzene rings is 7. The van der Waals surface area contributed by atoms with E-state index in [0.29, 0.717) is 5.39 Å². The minimum absolute atomic E-state index is 0.0644. The zero-order valence-corrected chi connectivity index (χ0v) is 30.7. The smallest absolute Gasteiger partial charge is 0.264 e. The Hall–Kier alpha value is -7.18. The number of nitrogens with one attached hydrogen (secondary N) is 1. The molecule has 0 bridgehead atoms. The van der Waals surface area contributed by atoms with Gasteiger partial charge in [-0.05, 0) is 70.6 Å². The zero-order chi connectivity index (χ0) is 37.3. The van der Waals surface area contributed by atoms with Crippen LogP contribution in [0.15, 0.2) is 172 Å². The molecule has 1 unspecified atom stereocenters. The van der Waals surface area contributed by atoms with Crippen LogP contribution in [0.2, 0.25) is 0 Å². The van der Waals surface area contributed by atoms with E-state index in [1.807, 2.05) is 47.0 Å². The number of anilines is 1. The number of hydrogen-bond donors (Lipinski definition) is 1. The topological polar surface area (TPSA) is 64.5 Å². The minimum Gasteiger partial charge on any atom is -0.456 e. The fourth-order valence-electron chi connectivity index (χ4n) is 9.64. The number of nitrogens with zero attached hydrogens (tertiary/aromatic N) is 3. The maximum atomic E-state index is 15.3. The quantitative estimate of drug-likeness (QED) is 0.197. The summed E-state index contributed by atoms with van der Waals surface area (Å²) < 4.78 is 10.4. The molecule has 266 valence electrons. The van der Waals surface area contributed by atoms with Gasteiger partial charge in [0.2, 0.25) is 6.29 Å². The molecule has 2 aliphatic rings. The number of furan rings is 1. The molecule has 1 atom stereocenters. The van der Waals surface area contributed by atoms with Crippen molar-refractivity contribution in [1.82, 2.24) is 9.13 Å². The van der Waals surface area contributed by atoms with Crippen LogP contribution >= 0.6 is 0 Å². The van der Waals surface area contributed by atoms with Crippen molar-refractivity contribution in [2.45, 2.75) is 25.6 Å². The van der Waals surface area contributed by atoms with E-state index < -0.39 is 6.29 Å². The summed E-state index contributed by atoms with van der Waals surface area (Å²) in [6.07, 6.45) is -0.591. The first kappa shape index (κ1) is 31.2. The van der Waals surface area contributed by atoms with Crippen LogP contribution in [-0.2, 0) is 5.41 Å². The Morgan fingerprint density at radius 2 is 1.30 bits per heavy atom. The Labute approximate surface area is 321 Å². The van der Waals surface area contributed by atoms with Gasteiger partial charge in [0, 0.05) is 54.7 Å². The second-order valence-corrected chi connectivity index (χ2v) is 15.5. The van der Waals surface area contributed by atoms with E-state index in [2.05, 4.69) is 139 Å². The van der Waals surface area contributed by atoms with E-state index >= 15 is 4.79 Å². The van der Waals surface area contributed by atoms with Gasteiger partial charge in [-0.1, -0.05) is 123 Å². The van der Waals surface area contributed by atoms with E-state index in [9.17, 15) is 0 Å². The Morgan fingerprint density at radius 3 is 2.18 bits per heavy atom. The van der Waals surface area contributed by atoms with Crippen molar-refractivity contribution < 1.29 is 4.42 Å². The van der Waals surface area contributed by atoms with E-state index in [1.54, 1.807) is 0 Å². The van der Waals surface area contributed by atoms with Crippen molar-refractivity contribution in [1.29, 1.82) is 0 Å². The molecule has 1 aliphatic carbocycles. The summed E-state index contributed by atoms with van der Waals surface area (Å²) in [7, 11) is 0. The predicted octanol–water partition coefficient (Wildman–Crippen LogP) is 11.7. The highest BCUT2D eigenvalue weighted by Gasteiger charge is 2.38. The lowest BCUT2D eigenvalue weighted by molar-refractivity contribution is 0.615. The fourth-order valence-corrected chi connectivity index (χ4v) is 9.64. The Bertz CT molecular complexity index is 3410. The molecular formula is C50H34N4O2. The Kier molecular flexibility index (Phi) is 6.23. The van der Waals surface area contributed by atoms with Crippen LogP contribution in [0.4, 0.5) is 5.69 Å². The van der Waals surface area contributed by atoms with E-state index in [1.165, 1.54) is 11.1 Å². The predicted molar refractivity (Wildman–Crippen MR) is 229 cm³/mol. The van der Waals surface area contributed by atoms with Crippen LogP contribution in [0.25, 0.3) is 71.5 Å². The van der Waals surface area contributed by atoms with E-state index in [-0.39, 0.29) is 11.0 Å². The fraction of sp³-hybridized carbons (Fsp3) is 0.0800. The van der Waals surface area contributed by atoms with Crippen molar-refractivity contribution in [3.05, 3.63) is 190 Å². The van der Waals surface area contributed by atoms with Crippen LogP contribution in [0, 0.1) is 0 Å². The Morgan fingerprint density at radius 1 is 0.625 bits per heavy atom. The first-order valence-corrected chi connectivity index (χ1v) is 19.1. The molecule has 0 amide bonds. The van der Waals surface area contributed by atoms with Crippen LogP contribution in [0.3, 0.4) is 0 Å². The van der Waals surface area contributed by atoms with Crippen molar-refractivity contribution in [3.63, 3.8) is 0 Å². The Balaban J connectivity index is 1.20. The summed E-state index contributed by atoms with van der Waals surface area (Å²) in [6, 6.07) is 54.4. The van der Waals surface area contributed by atoms with Crippen LogP contribution in [-0.4, -0.2) is 14.8 Å². The molecule has 12 rings (SSSR count). The summed E-state index contributed by atoms with van der Waals surface area (Å²) in [4.78, 5) is 20.9. The molecule has 4 heterocycles. The molecule has 6 heteroatoms. The number of para-hydroxylation sites is 3. The molecule has 0 saturated heterocycles. The number of hydrogen-bond acceptors (Lipinski definition) is 4. The molecule has 0 saturated carbocycles. The van der Waals surface area contributed by atoms with Crippen LogP contribution in [0.1, 0.15) is 42.4 Å². The average Bonchev–Trinajstić information content (AvgIpc) is 3.86. The monoisotopic (exact) mass is 722 g/mol. The molecular weight excluding hydrogens is 689 g/mol. The van der Waals surface area contributed by atoms with Gasteiger partial charge >= 0.3 is 0 Å². The van der Waals surface area contributed by atoms with Gasteiger partial charge in [-0.15, -0.1) is 0 Å². The summed E-state index contributed by atoms with van der Waals surface area (Å²) >= 11 is 0. The number of aliphatic imine (C=N–C) groups is 1. The standard InChI is InChI=1S/C50H34N4O2/c1-50(2)37-20-9-5-17-33(37)45-38(50)21-13-24-41(45)53-47-44(31-15-3-4-16-32(31)48(53)55)35-19-7-11-23-40(35)54(47)49-51-39-22-10-6-18-34(39)46(52-49)29-26-27-43-36(28-29)30-14-8-12-25-42(30)56-43/h3-28,49,51H,1-2H3. The molecule has 3 aromatic heterocycles. The van der Waals surface area contributed by atoms with Gasteiger partial charge < -0.3 is 9.73 Å². The van der Waals surface area contributed by atoms with Gasteiger partial charge in [0.05, 0.1) is 16.9 Å². The molecule has 0 spiro atoms. The third-order valence-electron chi connectivity index (χ3n) is 12.2. The van der Waals surface area contributed by atoms with Gasteiger partial charge in [-0.3, -0.25) is 13.9 Å². The summed E-state index contributed by atoms with van der Waals surface area (Å²) in [5.41, 5.74) is 12.6. The first-order valence-electron chi connectivity index (χ1n) is 19.1.